The molecule has 0 unspecified atom stereocenters. The minimum Gasteiger partial charge on any atom is -0.493 e. The lowest BCUT2D eigenvalue weighted by Crippen LogP contribution is -2.12. The van der Waals surface area contributed by atoms with E-state index in [4.69, 9.17) is 19.3 Å². The molecule has 0 spiro atoms. The number of hydrogen-bond acceptors (Lipinski definition) is 7. The summed E-state index contributed by atoms with van der Waals surface area (Å²) < 4.78 is 41.2. The summed E-state index contributed by atoms with van der Waals surface area (Å²) in [6.07, 6.45) is 1.92. The van der Waals surface area contributed by atoms with Gasteiger partial charge in [-0.3, -0.25) is 4.79 Å². The van der Waals surface area contributed by atoms with Gasteiger partial charge in [0, 0.05) is 6.54 Å². The van der Waals surface area contributed by atoms with E-state index in [0.717, 1.165) is 23.9 Å². The van der Waals surface area contributed by atoms with E-state index in [1.807, 2.05) is 4.57 Å². The molecule has 0 aliphatic rings. The van der Waals surface area contributed by atoms with Gasteiger partial charge in [0.15, 0.2) is 11.5 Å². The number of benzene rings is 2. The highest BCUT2D eigenvalue weighted by atomic mass is 32.2. The minimum absolute atomic E-state index is 0.0119. The largest absolute Gasteiger partial charge is 0.493 e. The Morgan fingerprint density at radius 3 is 2.50 bits per heavy atom. The summed E-state index contributed by atoms with van der Waals surface area (Å²) in [6, 6.07) is 9.79. The Hall–Kier alpha value is -3.11. The van der Waals surface area contributed by atoms with Gasteiger partial charge in [0.05, 0.1) is 36.6 Å². The molecule has 3 aromatic rings. The first-order valence-electron chi connectivity index (χ1n) is 10.1. The van der Waals surface area contributed by atoms with Crippen LogP contribution in [0.3, 0.4) is 0 Å². The van der Waals surface area contributed by atoms with Gasteiger partial charge in [-0.2, -0.15) is 0 Å². The number of sulfonamides is 1. The van der Waals surface area contributed by atoms with Gasteiger partial charge in [-0.25, -0.2) is 18.5 Å². The van der Waals surface area contributed by atoms with Gasteiger partial charge in [0.1, 0.15) is 12.4 Å². The van der Waals surface area contributed by atoms with Gasteiger partial charge in [-0.15, -0.1) is 0 Å². The van der Waals surface area contributed by atoms with Crippen LogP contribution in [0.4, 0.5) is 0 Å². The van der Waals surface area contributed by atoms with Crippen LogP contribution in [0.25, 0.3) is 11.0 Å². The zero-order valence-electron chi connectivity index (χ0n) is 18.3. The van der Waals surface area contributed by atoms with Crippen molar-refractivity contribution in [2.24, 2.45) is 5.14 Å². The molecule has 0 radical (unpaired) electrons. The molecule has 0 bridgehead atoms. The Morgan fingerprint density at radius 1 is 1.09 bits per heavy atom. The van der Waals surface area contributed by atoms with Crippen molar-refractivity contribution in [3.8, 4) is 11.5 Å². The SMILES string of the molecule is CCCCn1c(COC(=O)Cc2ccc(OC)c(OC)c2)nc2cc(S(N)(=O)=O)ccc21. The molecular weight excluding hydrogens is 434 g/mol. The van der Waals surface area contributed by atoms with E-state index in [9.17, 15) is 13.2 Å². The predicted molar refractivity (Wildman–Crippen MR) is 119 cm³/mol. The molecule has 0 amide bonds. The molecule has 1 aromatic heterocycles. The van der Waals surface area contributed by atoms with Crippen molar-refractivity contribution in [2.45, 2.75) is 44.2 Å². The summed E-state index contributed by atoms with van der Waals surface area (Å²) in [5, 5.41) is 5.23. The van der Waals surface area contributed by atoms with Crippen molar-refractivity contribution in [3.05, 3.63) is 47.8 Å². The number of ether oxygens (including phenoxy) is 3. The van der Waals surface area contributed by atoms with Crippen LogP contribution in [0.15, 0.2) is 41.3 Å². The summed E-state index contributed by atoms with van der Waals surface area (Å²) in [7, 11) is -0.766. The summed E-state index contributed by atoms with van der Waals surface area (Å²) >= 11 is 0. The molecule has 0 aliphatic carbocycles. The molecule has 32 heavy (non-hydrogen) atoms. The van der Waals surface area contributed by atoms with Gasteiger partial charge in [-0.05, 0) is 42.3 Å². The maximum absolute atomic E-state index is 12.4. The van der Waals surface area contributed by atoms with Crippen molar-refractivity contribution in [1.82, 2.24) is 9.55 Å². The van der Waals surface area contributed by atoms with E-state index >= 15 is 0 Å². The lowest BCUT2D eigenvalue weighted by atomic mass is 10.1. The second-order valence-corrected chi connectivity index (χ2v) is 8.82. The summed E-state index contributed by atoms with van der Waals surface area (Å²) in [5.74, 6) is 1.23. The van der Waals surface area contributed by atoms with E-state index in [0.29, 0.717) is 29.4 Å². The maximum Gasteiger partial charge on any atom is 0.310 e. The van der Waals surface area contributed by atoms with E-state index < -0.39 is 16.0 Å². The number of aromatic nitrogens is 2. The van der Waals surface area contributed by atoms with Gasteiger partial charge in [0.2, 0.25) is 10.0 Å². The summed E-state index contributed by atoms with van der Waals surface area (Å²) in [4.78, 5) is 16.9. The second kappa shape index (κ2) is 10.0. The van der Waals surface area contributed by atoms with E-state index in [1.54, 1.807) is 31.4 Å². The van der Waals surface area contributed by atoms with Crippen molar-refractivity contribution < 1.29 is 27.4 Å². The third-order valence-corrected chi connectivity index (χ3v) is 5.93. The third kappa shape index (κ3) is 5.38. The van der Waals surface area contributed by atoms with Crippen molar-refractivity contribution in [3.63, 3.8) is 0 Å². The monoisotopic (exact) mass is 461 g/mol. The number of aryl methyl sites for hydroxylation is 1. The van der Waals surface area contributed by atoms with Crippen LogP contribution in [0, 0.1) is 0 Å². The third-order valence-electron chi connectivity index (χ3n) is 5.02. The predicted octanol–water partition coefficient (Wildman–Crippen LogP) is 2.79. The quantitative estimate of drug-likeness (QED) is 0.461. The highest BCUT2D eigenvalue weighted by Gasteiger charge is 2.16. The van der Waals surface area contributed by atoms with Gasteiger partial charge >= 0.3 is 5.97 Å². The molecule has 0 atom stereocenters. The number of primary sulfonamides is 1. The zero-order valence-corrected chi connectivity index (χ0v) is 19.1. The Morgan fingerprint density at radius 2 is 1.84 bits per heavy atom. The van der Waals surface area contributed by atoms with Gasteiger partial charge in [-0.1, -0.05) is 19.4 Å². The molecule has 172 valence electrons. The molecular formula is C22H27N3O6S. The van der Waals surface area contributed by atoms with Crippen LogP contribution >= 0.6 is 0 Å². The van der Waals surface area contributed by atoms with Crippen molar-refractivity contribution >= 4 is 27.0 Å². The summed E-state index contributed by atoms with van der Waals surface area (Å²) in [6.45, 7) is 2.71. The number of rotatable bonds is 10. The molecule has 1 heterocycles. The standard InChI is InChI=1S/C22H27N3O6S/c1-4-5-10-25-18-8-7-16(32(23,27)28)13-17(18)24-21(25)14-31-22(26)12-15-6-9-19(29-2)20(11-15)30-3/h6-9,11,13H,4-5,10,12,14H2,1-3H3,(H2,23,27,28). The van der Waals surface area contributed by atoms with Crippen LogP contribution in [-0.4, -0.2) is 38.2 Å². The number of nitrogens with zero attached hydrogens (tertiary/aromatic N) is 2. The molecule has 0 fully saturated rings. The number of esters is 1. The Bertz CT molecular complexity index is 1220. The highest BCUT2D eigenvalue weighted by Crippen LogP contribution is 2.28. The Kier molecular flexibility index (Phi) is 7.37. The highest BCUT2D eigenvalue weighted by molar-refractivity contribution is 7.89. The number of carbonyl (C=O) groups is 1. The van der Waals surface area contributed by atoms with E-state index in [-0.39, 0.29) is 17.9 Å². The first kappa shape index (κ1) is 23.6. The first-order valence-corrected chi connectivity index (χ1v) is 11.7. The smallest absolute Gasteiger partial charge is 0.310 e. The minimum atomic E-state index is -3.84. The molecule has 0 saturated carbocycles. The fourth-order valence-electron chi connectivity index (χ4n) is 3.37. The molecule has 9 nitrogen and oxygen atoms in total. The molecule has 3 rings (SSSR count). The second-order valence-electron chi connectivity index (χ2n) is 7.26. The molecule has 10 heteroatoms. The fraction of sp³-hybridized carbons (Fsp3) is 0.364. The van der Waals surface area contributed by atoms with Crippen molar-refractivity contribution in [2.75, 3.05) is 14.2 Å². The molecule has 2 N–H and O–H groups in total. The number of methoxy groups -OCH3 is 2. The number of unbranched alkanes of at least 4 members (excludes halogenated alkanes) is 1. The Labute approximate surface area is 187 Å². The van der Waals surface area contributed by atoms with E-state index in [1.165, 1.54) is 19.2 Å². The van der Waals surface area contributed by atoms with Gasteiger partial charge in [0.25, 0.3) is 0 Å². The number of carbonyl (C=O) groups excluding carboxylic acids is 1. The lowest BCUT2D eigenvalue weighted by molar-refractivity contribution is -0.144. The average molecular weight is 462 g/mol. The Balaban J connectivity index is 1.79. The van der Waals surface area contributed by atoms with Gasteiger partial charge < -0.3 is 18.8 Å². The van der Waals surface area contributed by atoms with Crippen LogP contribution in [0.1, 0.15) is 31.2 Å². The normalized spacial score (nSPS) is 11.5. The topological polar surface area (TPSA) is 123 Å². The number of hydrogen-bond donors (Lipinski definition) is 1. The fourth-order valence-corrected chi connectivity index (χ4v) is 3.90. The number of fused-ring (bicyclic) bond motifs is 1. The van der Waals surface area contributed by atoms with E-state index in [2.05, 4.69) is 11.9 Å². The molecule has 0 saturated heterocycles. The first-order chi connectivity index (χ1) is 15.3. The zero-order chi connectivity index (χ0) is 23.3. The van der Waals surface area contributed by atoms with Crippen LogP contribution in [-0.2, 0) is 39.1 Å². The molecule has 0 aliphatic heterocycles. The lowest BCUT2D eigenvalue weighted by Gasteiger charge is -2.11. The summed E-state index contributed by atoms with van der Waals surface area (Å²) in [5.41, 5.74) is 1.97. The van der Waals surface area contributed by atoms with Crippen LogP contribution in [0.2, 0.25) is 0 Å². The van der Waals surface area contributed by atoms with Crippen LogP contribution < -0.4 is 14.6 Å². The molecule has 2 aromatic carbocycles. The average Bonchev–Trinajstić information content (AvgIpc) is 3.12. The number of nitrogens with two attached hydrogens (primary N) is 1. The maximum atomic E-state index is 12.4. The van der Waals surface area contributed by atoms with Crippen LogP contribution in [0.5, 0.6) is 11.5 Å². The number of imidazole rings is 1. The van der Waals surface area contributed by atoms with Crippen molar-refractivity contribution in [1.29, 1.82) is 0 Å².